The number of rotatable bonds is 3. The van der Waals surface area contributed by atoms with Gasteiger partial charge < -0.3 is 9.80 Å². The molecule has 0 aromatic carbocycles. The van der Waals surface area contributed by atoms with Crippen molar-refractivity contribution in [3.63, 3.8) is 0 Å². The molecule has 0 saturated heterocycles. The average molecular weight is 319 g/mol. The van der Waals surface area contributed by atoms with Crippen molar-refractivity contribution in [1.29, 1.82) is 0 Å². The van der Waals surface area contributed by atoms with E-state index in [9.17, 15) is 9.59 Å². The molecule has 1 aliphatic carbocycles. The molecule has 2 heterocycles. The van der Waals surface area contributed by atoms with Crippen molar-refractivity contribution in [3.05, 3.63) is 12.0 Å². The molecule has 3 rings (SSSR count). The van der Waals surface area contributed by atoms with Crippen LogP contribution in [0.5, 0.6) is 0 Å². The molecule has 8 nitrogen and oxygen atoms in total. The van der Waals surface area contributed by atoms with E-state index in [0.717, 1.165) is 30.7 Å². The minimum absolute atomic E-state index is 0.0149. The topological polar surface area (TPSA) is 78.9 Å². The van der Waals surface area contributed by atoms with Crippen molar-refractivity contribution >= 4 is 23.3 Å². The summed E-state index contributed by atoms with van der Waals surface area (Å²) in [6, 6.07) is 0.296. The second-order valence-electron chi connectivity index (χ2n) is 5.91. The number of hydrogen-bond donors (Lipinski definition) is 0. The Morgan fingerprint density at radius 3 is 2.74 bits per heavy atom. The van der Waals surface area contributed by atoms with Gasteiger partial charge in [0.15, 0.2) is 5.82 Å². The first-order valence-corrected chi connectivity index (χ1v) is 7.75. The summed E-state index contributed by atoms with van der Waals surface area (Å²) in [7, 11) is 4.63. The van der Waals surface area contributed by atoms with E-state index in [0.29, 0.717) is 24.1 Å². The van der Waals surface area contributed by atoms with E-state index in [1.165, 1.54) is 20.4 Å². The quantitative estimate of drug-likeness (QED) is 0.768. The van der Waals surface area contributed by atoms with Gasteiger partial charge in [0.2, 0.25) is 11.7 Å². The van der Waals surface area contributed by atoms with Crippen molar-refractivity contribution in [1.82, 2.24) is 15.0 Å². The zero-order chi connectivity index (χ0) is 16.6. The molecular weight excluding hydrogens is 298 g/mol. The molecule has 1 aliphatic heterocycles. The fourth-order valence-corrected chi connectivity index (χ4v) is 3.12. The lowest BCUT2D eigenvalue weighted by atomic mass is 10.1. The molecule has 2 aliphatic rings. The van der Waals surface area contributed by atoms with Crippen LogP contribution < -0.4 is 9.80 Å². The molecule has 0 spiro atoms. The molecule has 1 saturated carbocycles. The van der Waals surface area contributed by atoms with Gasteiger partial charge in [-0.15, -0.1) is 0 Å². The molecule has 23 heavy (non-hydrogen) atoms. The van der Waals surface area contributed by atoms with Gasteiger partial charge in [-0.25, -0.2) is 15.0 Å². The zero-order valence-corrected chi connectivity index (χ0v) is 13.7. The van der Waals surface area contributed by atoms with Crippen molar-refractivity contribution in [3.8, 4) is 0 Å². The number of nitrogens with zero attached hydrogens (tertiary/aromatic N) is 5. The van der Waals surface area contributed by atoms with E-state index in [1.54, 1.807) is 11.9 Å². The molecule has 0 N–H and O–H groups in total. The summed E-state index contributed by atoms with van der Waals surface area (Å²) in [5.74, 6) is 0.322. The van der Waals surface area contributed by atoms with Crippen LogP contribution in [0.15, 0.2) is 6.20 Å². The van der Waals surface area contributed by atoms with E-state index < -0.39 is 5.91 Å². The molecule has 2 amide bonds. The van der Waals surface area contributed by atoms with Gasteiger partial charge in [-0.05, 0) is 12.8 Å². The first kappa shape index (κ1) is 15.7. The first-order valence-electron chi connectivity index (χ1n) is 7.75. The summed E-state index contributed by atoms with van der Waals surface area (Å²) in [6.45, 7) is 0.291. The number of anilines is 2. The largest absolute Gasteiger partial charge is 0.342 e. The van der Waals surface area contributed by atoms with Crippen LogP contribution >= 0.6 is 0 Å². The minimum Gasteiger partial charge on any atom is -0.342 e. The predicted octanol–water partition coefficient (Wildman–Crippen LogP) is 0.835. The number of hydrogen-bond acceptors (Lipinski definition) is 6. The number of carbonyl (C=O) groups excluding carboxylic acids is 2. The van der Waals surface area contributed by atoms with Crippen LogP contribution in [0.4, 0.5) is 11.5 Å². The van der Waals surface area contributed by atoms with E-state index in [1.807, 2.05) is 4.90 Å². The third kappa shape index (κ3) is 2.74. The van der Waals surface area contributed by atoms with Crippen LogP contribution in [-0.4, -0.2) is 60.6 Å². The Morgan fingerprint density at radius 1 is 1.39 bits per heavy atom. The summed E-state index contributed by atoms with van der Waals surface area (Å²) in [6.07, 6.45) is 5.94. The molecule has 1 aromatic heterocycles. The van der Waals surface area contributed by atoms with Crippen molar-refractivity contribution < 1.29 is 14.4 Å². The zero-order valence-electron chi connectivity index (χ0n) is 13.7. The molecule has 8 heteroatoms. The van der Waals surface area contributed by atoms with Crippen LogP contribution in [0.2, 0.25) is 0 Å². The first-order chi connectivity index (χ1) is 11.0. The standard InChI is InChI=1S/C15H21N5O3/c1-18-11-8-16-13(15(22)19(2)23-3)17-14(11)20(9-12(18)21)10-6-4-5-7-10/h8,10H,4-7,9H2,1-3H3. The van der Waals surface area contributed by atoms with Crippen LogP contribution in [0.25, 0.3) is 0 Å². The Morgan fingerprint density at radius 2 is 2.09 bits per heavy atom. The smallest absolute Gasteiger partial charge is 0.314 e. The van der Waals surface area contributed by atoms with E-state index in [4.69, 9.17) is 4.84 Å². The summed E-state index contributed by atoms with van der Waals surface area (Å²) in [5, 5.41) is 1.08. The summed E-state index contributed by atoms with van der Waals surface area (Å²) in [5.41, 5.74) is 0.643. The van der Waals surface area contributed by atoms with E-state index in [2.05, 4.69) is 9.97 Å². The average Bonchev–Trinajstić information content (AvgIpc) is 3.10. The number of fused-ring (bicyclic) bond motifs is 1. The van der Waals surface area contributed by atoms with Gasteiger partial charge in [0.25, 0.3) is 0 Å². The van der Waals surface area contributed by atoms with Gasteiger partial charge in [-0.1, -0.05) is 12.8 Å². The van der Waals surface area contributed by atoms with Crippen LogP contribution in [-0.2, 0) is 9.63 Å². The Balaban J connectivity index is 2.00. The highest BCUT2D eigenvalue weighted by Crippen LogP contribution is 2.35. The lowest BCUT2D eigenvalue weighted by Crippen LogP contribution is -2.48. The predicted molar refractivity (Wildman–Crippen MR) is 84.1 cm³/mol. The maximum Gasteiger partial charge on any atom is 0.314 e. The number of aromatic nitrogens is 2. The van der Waals surface area contributed by atoms with Gasteiger partial charge in [0.1, 0.15) is 5.69 Å². The second-order valence-corrected chi connectivity index (χ2v) is 5.91. The Kier molecular flexibility index (Phi) is 4.16. The van der Waals surface area contributed by atoms with Crippen molar-refractivity contribution in [2.75, 3.05) is 37.5 Å². The normalized spacial score (nSPS) is 18.3. The van der Waals surface area contributed by atoms with Crippen LogP contribution in [0.1, 0.15) is 36.3 Å². The number of carbonyl (C=O) groups is 2. The van der Waals surface area contributed by atoms with E-state index in [-0.39, 0.29) is 11.7 Å². The summed E-state index contributed by atoms with van der Waals surface area (Å²) >= 11 is 0. The van der Waals surface area contributed by atoms with Gasteiger partial charge in [-0.2, -0.15) is 0 Å². The van der Waals surface area contributed by atoms with Crippen molar-refractivity contribution in [2.45, 2.75) is 31.7 Å². The van der Waals surface area contributed by atoms with Crippen LogP contribution in [0, 0.1) is 0 Å². The molecule has 0 bridgehead atoms. The highest BCUT2D eigenvalue weighted by Gasteiger charge is 2.35. The highest BCUT2D eigenvalue weighted by atomic mass is 16.7. The molecule has 0 unspecified atom stereocenters. The Labute approximate surface area is 135 Å². The van der Waals surface area contributed by atoms with Crippen LogP contribution in [0.3, 0.4) is 0 Å². The number of likely N-dealkylation sites (N-methyl/N-ethyl adjacent to an activating group) is 1. The molecule has 1 aromatic rings. The third-order valence-corrected chi connectivity index (χ3v) is 4.58. The molecule has 1 fully saturated rings. The van der Waals surface area contributed by atoms with Gasteiger partial charge in [-0.3, -0.25) is 14.4 Å². The van der Waals surface area contributed by atoms with Gasteiger partial charge >= 0.3 is 5.91 Å². The third-order valence-electron chi connectivity index (χ3n) is 4.58. The molecule has 0 radical (unpaired) electrons. The SMILES string of the molecule is CON(C)C(=O)c1ncc2c(n1)N(C1CCCC1)CC(=O)N2C. The van der Waals surface area contributed by atoms with Gasteiger partial charge in [0, 0.05) is 20.1 Å². The Bertz CT molecular complexity index is 630. The monoisotopic (exact) mass is 319 g/mol. The summed E-state index contributed by atoms with van der Waals surface area (Å²) < 4.78 is 0. The molecule has 0 atom stereocenters. The lowest BCUT2D eigenvalue weighted by Gasteiger charge is -2.37. The summed E-state index contributed by atoms with van der Waals surface area (Å²) in [4.78, 5) is 41.5. The highest BCUT2D eigenvalue weighted by molar-refractivity contribution is 6.02. The second kappa shape index (κ2) is 6.11. The van der Waals surface area contributed by atoms with Crippen molar-refractivity contribution in [2.24, 2.45) is 0 Å². The van der Waals surface area contributed by atoms with Gasteiger partial charge in [0.05, 0.1) is 19.9 Å². The fraction of sp³-hybridized carbons (Fsp3) is 0.600. The maximum absolute atomic E-state index is 12.2. The Hall–Kier alpha value is -2.22. The maximum atomic E-state index is 12.2. The molecular formula is C15H21N5O3. The molecule has 124 valence electrons. The minimum atomic E-state index is -0.416. The number of amides is 2. The number of hydroxylamine groups is 2. The lowest BCUT2D eigenvalue weighted by molar-refractivity contribution is -0.117. The fourth-order valence-electron chi connectivity index (χ4n) is 3.12. The van der Waals surface area contributed by atoms with E-state index >= 15 is 0 Å².